The van der Waals surface area contributed by atoms with Crippen LogP contribution in [-0.2, 0) is 13.1 Å². The maximum Gasteiger partial charge on any atom is 0.293 e. The van der Waals surface area contributed by atoms with E-state index in [-0.39, 0.29) is 5.69 Å². The van der Waals surface area contributed by atoms with E-state index in [2.05, 4.69) is 5.43 Å². The van der Waals surface area contributed by atoms with E-state index in [9.17, 15) is 10.1 Å². The molecule has 0 fully saturated rings. The van der Waals surface area contributed by atoms with Crippen molar-refractivity contribution in [2.75, 3.05) is 12.5 Å². The Kier molecular flexibility index (Phi) is 4.56. The third-order valence-electron chi connectivity index (χ3n) is 3.09. The summed E-state index contributed by atoms with van der Waals surface area (Å²) in [6.07, 6.45) is 0. The Labute approximate surface area is 122 Å². The van der Waals surface area contributed by atoms with Gasteiger partial charge in [-0.25, -0.2) is 0 Å². The lowest BCUT2D eigenvalue weighted by Gasteiger charge is -2.15. The van der Waals surface area contributed by atoms with Crippen LogP contribution < -0.4 is 11.3 Å². The van der Waals surface area contributed by atoms with E-state index in [0.717, 1.165) is 17.1 Å². The molecule has 2 aromatic rings. The summed E-state index contributed by atoms with van der Waals surface area (Å²) in [5, 5.41) is 11.0. The van der Waals surface area contributed by atoms with Crippen LogP contribution in [0.1, 0.15) is 17.1 Å². The number of hydrazine groups is 1. The molecule has 0 radical (unpaired) electrons. The smallest absolute Gasteiger partial charge is 0.293 e. The summed E-state index contributed by atoms with van der Waals surface area (Å²) >= 11 is 0. The number of nitro benzene ring substituents is 1. The van der Waals surface area contributed by atoms with E-state index in [4.69, 9.17) is 10.3 Å². The Morgan fingerprint density at radius 1 is 1.33 bits per heavy atom. The van der Waals surface area contributed by atoms with E-state index in [1.165, 1.54) is 6.07 Å². The molecule has 0 saturated heterocycles. The topological polar surface area (TPSA) is 97.6 Å². The van der Waals surface area contributed by atoms with Crippen LogP contribution in [0.5, 0.6) is 0 Å². The number of furan rings is 1. The van der Waals surface area contributed by atoms with Gasteiger partial charge in [0.2, 0.25) is 0 Å². The van der Waals surface area contributed by atoms with Gasteiger partial charge >= 0.3 is 0 Å². The molecule has 0 saturated carbocycles. The second kappa shape index (κ2) is 6.38. The minimum absolute atomic E-state index is 0.0303. The van der Waals surface area contributed by atoms with E-state index >= 15 is 0 Å². The number of benzene rings is 1. The predicted molar refractivity (Wildman–Crippen MR) is 79.5 cm³/mol. The first-order valence-corrected chi connectivity index (χ1v) is 6.47. The molecule has 0 amide bonds. The quantitative estimate of drug-likeness (QED) is 0.481. The molecule has 0 bridgehead atoms. The van der Waals surface area contributed by atoms with Gasteiger partial charge in [0.25, 0.3) is 5.69 Å². The highest BCUT2D eigenvalue weighted by atomic mass is 16.6. The zero-order valence-corrected chi connectivity index (χ0v) is 12.0. The first-order chi connectivity index (χ1) is 9.99. The molecule has 0 aliphatic rings. The van der Waals surface area contributed by atoms with Crippen LogP contribution in [0, 0.1) is 17.0 Å². The minimum atomic E-state index is -0.450. The summed E-state index contributed by atoms with van der Waals surface area (Å²) in [4.78, 5) is 12.6. The molecular formula is C14H18N4O3. The maximum absolute atomic E-state index is 11.0. The van der Waals surface area contributed by atoms with Gasteiger partial charge in [-0.1, -0.05) is 6.07 Å². The second-order valence-electron chi connectivity index (χ2n) is 4.94. The van der Waals surface area contributed by atoms with Crippen LogP contribution in [0.3, 0.4) is 0 Å². The number of nitrogens with zero attached hydrogens (tertiary/aromatic N) is 2. The molecule has 7 nitrogen and oxygen atoms in total. The van der Waals surface area contributed by atoms with E-state index < -0.39 is 4.92 Å². The first-order valence-electron chi connectivity index (χ1n) is 6.47. The second-order valence-corrected chi connectivity index (χ2v) is 4.94. The van der Waals surface area contributed by atoms with Gasteiger partial charge in [-0.2, -0.15) is 0 Å². The van der Waals surface area contributed by atoms with Crippen molar-refractivity contribution >= 4 is 11.4 Å². The number of hydrogen-bond acceptors (Lipinski definition) is 6. The minimum Gasteiger partial charge on any atom is -0.465 e. The molecule has 112 valence electrons. The lowest BCUT2D eigenvalue weighted by molar-refractivity contribution is -0.384. The lowest BCUT2D eigenvalue weighted by Crippen LogP contribution is -2.17. The number of nitro groups is 1. The van der Waals surface area contributed by atoms with Crippen LogP contribution in [0.2, 0.25) is 0 Å². The van der Waals surface area contributed by atoms with Crippen molar-refractivity contribution in [1.29, 1.82) is 0 Å². The van der Waals surface area contributed by atoms with Crippen LogP contribution >= 0.6 is 0 Å². The lowest BCUT2D eigenvalue weighted by atomic mass is 10.1. The van der Waals surface area contributed by atoms with Crippen LogP contribution in [-0.4, -0.2) is 16.9 Å². The third-order valence-corrected chi connectivity index (χ3v) is 3.09. The van der Waals surface area contributed by atoms with Crippen LogP contribution in [0.25, 0.3) is 0 Å². The zero-order chi connectivity index (χ0) is 15.4. The molecule has 0 aliphatic carbocycles. The average Bonchev–Trinajstić information content (AvgIpc) is 2.83. The monoisotopic (exact) mass is 290 g/mol. The fourth-order valence-electron chi connectivity index (χ4n) is 2.15. The van der Waals surface area contributed by atoms with Gasteiger partial charge in [0, 0.05) is 12.6 Å². The van der Waals surface area contributed by atoms with Gasteiger partial charge in [-0.05, 0) is 37.7 Å². The van der Waals surface area contributed by atoms with Gasteiger partial charge in [0.1, 0.15) is 17.2 Å². The fourth-order valence-corrected chi connectivity index (χ4v) is 2.15. The molecule has 1 heterocycles. The number of nitrogens with one attached hydrogen (secondary N) is 1. The molecule has 21 heavy (non-hydrogen) atoms. The predicted octanol–water partition coefficient (Wildman–Crippen LogP) is 2.41. The van der Waals surface area contributed by atoms with Crippen molar-refractivity contribution in [2.24, 2.45) is 5.84 Å². The number of hydrogen-bond donors (Lipinski definition) is 2. The summed E-state index contributed by atoms with van der Waals surface area (Å²) in [6.45, 7) is 3.11. The molecule has 0 aliphatic heterocycles. The van der Waals surface area contributed by atoms with E-state index in [1.807, 2.05) is 37.1 Å². The van der Waals surface area contributed by atoms with Crippen molar-refractivity contribution < 1.29 is 9.34 Å². The number of nitrogens with two attached hydrogens (primary N) is 1. The molecule has 1 aromatic carbocycles. The molecule has 2 rings (SSSR count). The fraction of sp³-hybridized carbons (Fsp3) is 0.286. The highest BCUT2D eigenvalue weighted by Crippen LogP contribution is 2.25. The Balaban J connectivity index is 2.08. The molecule has 0 atom stereocenters. The summed E-state index contributed by atoms with van der Waals surface area (Å²) in [5.41, 5.74) is 3.44. The van der Waals surface area contributed by atoms with Gasteiger partial charge in [0.15, 0.2) is 0 Å². The SMILES string of the molecule is Cc1ccc(CN(C)Cc2ccc(NN)c([N+](=O)[O-])c2)o1. The largest absolute Gasteiger partial charge is 0.465 e. The number of rotatable bonds is 6. The molecule has 3 N–H and O–H groups in total. The summed E-state index contributed by atoms with van der Waals surface area (Å²) in [7, 11) is 1.93. The molecule has 1 aromatic heterocycles. The maximum atomic E-state index is 11.0. The van der Waals surface area contributed by atoms with Gasteiger partial charge in [0.05, 0.1) is 11.5 Å². The van der Waals surface area contributed by atoms with Gasteiger partial charge in [-0.3, -0.25) is 20.9 Å². The van der Waals surface area contributed by atoms with E-state index in [1.54, 1.807) is 6.07 Å². The highest BCUT2D eigenvalue weighted by molar-refractivity contribution is 5.61. The normalized spacial score (nSPS) is 10.9. The Morgan fingerprint density at radius 2 is 2.10 bits per heavy atom. The molecular weight excluding hydrogens is 272 g/mol. The molecule has 0 spiro atoms. The van der Waals surface area contributed by atoms with Crippen molar-refractivity contribution in [2.45, 2.75) is 20.0 Å². The highest BCUT2D eigenvalue weighted by Gasteiger charge is 2.14. The standard InChI is InChI=1S/C14H18N4O3/c1-10-3-5-12(21-10)9-17(2)8-11-4-6-13(16-15)14(7-11)18(19)20/h3-7,16H,8-9,15H2,1-2H3. The Bertz CT molecular complexity index is 639. The summed E-state index contributed by atoms with van der Waals surface area (Å²) in [5.74, 6) is 7.00. The van der Waals surface area contributed by atoms with Crippen molar-refractivity contribution in [3.8, 4) is 0 Å². The van der Waals surface area contributed by atoms with Crippen molar-refractivity contribution in [1.82, 2.24) is 4.90 Å². The number of anilines is 1. The van der Waals surface area contributed by atoms with Gasteiger partial charge < -0.3 is 9.84 Å². The van der Waals surface area contributed by atoms with Crippen molar-refractivity contribution in [3.05, 3.63) is 57.5 Å². The van der Waals surface area contributed by atoms with E-state index in [0.29, 0.717) is 18.8 Å². The first kappa shape index (κ1) is 15.0. The average molecular weight is 290 g/mol. The summed E-state index contributed by atoms with van der Waals surface area (Å²) in [6, 6.07) is 8.79. The van der Waals surface area contributed by atoms with Crippen LogP contribution in [0.4, 0.5) is 11.4 Å². The third kappa shape index (κ3) is 3.80. The van der Waals surface area contributed by atoms with Crippen LogP contribution in [0.15, 0.2) is 34.7 Å². The molecule has 7 heteroatoms. The molecule has 0 unspecified atom stereocenters. The summed E-state index contributed by atoms with van der Waals surface area (Å²) < 4.78 is 5.51. The zero-order valence-electron chi connectivity index (χ0n) is 12.0. The number of aryl methyl sites for hydroxylation is 1. The Hall–Kier alpha value is -2.38. The van der Waals surface area contributed by atoms with Crippen molar-refractivity contribution in [3.63, 3.8) is 0 Å². The number of nitrogen functional groups attached to an aromatic ring is 1. The van der Waals surface area contributed by atoms with Gasteiger partial charge in [-0.15, -0.1) is 0 Å². The Morgan fingerprint density at radius 3 is 2.67 bits per heavy atom.